The SMILES string of the molecule is CCNC(Cc1ccc(Cl)c(F)c1)c1ccc(Cl)cc1F. The van der Waals surface area contributed by atoms with Gasteiger partial charge < -0.3 is 5.32 Å². The smallest absolute Gasteiger partial charge is 0.142 e. The Morgan fingerprint density at radius 2 is 1.81 bits per heavy atom. The van der Waals surface area contributed by atoms with Gasteiger partial charge in [-0.1, -0.05) is 42.3 Å². The first-order valence-corrected chi connectivity index (χ1v) is 7.39. The summed E-state index contributed by atoms with van der Waals surface area (Å²) in [6.07, 6.45) is 0.459. The molecule has 0 aromatic heterocycles. The molecule has 2 rings (SSSR count). The quantitative estimate of drug-likeness (QED) is 0.798. The normalized spacial score (nSPS) is 12.4. The maximum Gasteiger partial charge on any atom is 0.142 e. The Morgan fingerprint density at radius 1 is 1.05 bits per heavy atom. The lowest BCUT2D eigenvalue weighted by Gasteiger charge is -2.19. The summed E-state index contributed by atoms with van der Waals surface area (Å²) in [7, 11) is 0. The van der Waals surface area contributed by atoms with Crippen molar-refractivity contribution in [2.75, 3.05) is 6.54 Å². The molecule has 2 aromatic carbocycles. The molecule has 0 fully saturated rings. The van der Waals surface area contributed by atoms with Crippen LogP contribution in [0, 0.1) is 11.6 Å². The topological polar surface area (TPSA) is 12.0 Å². The Balaban J connectivity index is 2.28. The summed E-state index contributed by atoms with van der Waals surface area (Å²) >= 11 is 11.4. The molecule has 0 aliphatic heterocycles. The molecule has 0 saturated carbocycles. The summed E-state index contributed by atoms with van der Waals surface area (Å²) in [5.74, 6) is -0.844. The molecule has 0 bridgehead atoms. The highest BCUT2D eigenvalue weighted by Gasteiger charge is 2.16. The third-order valence-corrected chi connectivity index (χ3v) is 3.75. The van der Waals surface area contributed by atoms with Crippen LogP contribution in [0.3, 0.4) is 0 Å². The molecule has 1 atom stereocenters. The minimum Gasteiger partial charge on any atom is -0.310 e. The van der Waals surface area contributed by atoms with Gasteiger partial charge in [0.15, 0.2) is 0 Å². The van der Waals surface area contributed by atoms with E-state index >= 15 is 0 Å². The molecule has 2 aromatic rings. The first kappa shape index (κ1) is 16.2. The van der Waals surface area contributed by atoms with Crippen LogP contribution in [0.15, 0.2) is 36.4 Å². The Labute approximate surface area is 132 Å². The van der Waals surface area contributed by atoms with Crippen molar-refractivity contribution in [3.8, 4) is 0 Å². The molecule has 1 N–H and O–H groups in total. The monoisotopic (exact) mass is 329 g/mol. The van der Waals surface area contributed by atoms with E-state index in [0.717, 1.165) is 5.56 Å². The van der Waals surface area contributed by atoms with E-state index in [-0.39, 0.29) is 16.9 Å². The molecular formula is C16H15Cl2F2N. The van der Waals surface area contributed by atoms with Crippen molar-refractivity contribution in [3.05, 3.63) is 69.2 Å². The van der Waals surface area contributed by atoms with Crippen molar-refractivity contribution in [1.82, 2.24) is 5.32 Å². The lowest BCUT2D eigenvalue weighted by molar-refractivity contribution is 0.509. The highest BCUT2D eigenvalue weighted by Crippen LogP contribution is 2.25. The van der Waals surface area contributed by atoms with Gasteiger partial charge in [-0.3, -0.25) is 0 Å². The van der Waals surface area contributed by atoms with Gasteiger partial charge in [-0.05, 0) is 42.8 Å². The van der Waals surface area contributed by atoms with Gasteiger partial charge in [0, 0.05) is 16.6 Å². The molecule has 1 unspecified atom stereocenters. The van der Waals surface area contributed by atoms with Crippen molar-refractivity contribution in [3.63, 3.8) is 0 Å². The zero-order chi connectivity index (χ0) is 15.4. The number of halogens is 4. The summed E-state index contributed by atoms with van der Waals surface area (Å²) in [5.41, 5.74) is 1.26. The molecule has 112 valence electrons. The van der Waals surface area contributed by atoms with E-state index in [1.165, 1.54) is 18.2 Å². The van der Waals surface area contributed by atoms with Crippen LogP contribution in [-0.4, -0.2) is 6.54 Å². The second kappa shape index (κ2) is 7.21. The first-order chi connectivity index (χ1) is 10.0. The number of hydrogen-bond donors (Lipinski definition) is 1. The summed E-state index contributed by atoms with van der Waals surface area (Å²) < 4.78 is 27.6. The molecule has 0 heterocycles. The number of likely N-dealkylation sites (N-methyl/N-ethyl adjacent to an activating group) is 1. The third-order valence-electron chi connectivity index (χ3n) is 3.21. The third kappa shape index (κ3) is 4.16. The number of rotatable bonds is 5. The van der Waals surface area contributed by atoms with E-state index < -0.39 is 5.82 Å². The number of nitrogens with one attached hydrogen (secondary N) is 1. The van der Waals surface area contributed by atoms with Crippen molar-refractivity contribution in [2.24, 2.45) is 0 Å². The second-order valence-corrected chi connectivity index (χ2v) is 5.57. The van der Waals surface area contributed by atoms with E-state index in [4.69, 9.17) is 23.2 Å². The minimum atomic E-state index is -0.471. The summed E-state index contributed by atoms with van der Waals surface area (Å²) in [4.78, 5) is 0. The maximum absolute atomic E-state index is 14.1. The first-order valence-electron chi connectivity index (χ1n) is 6.63. The van der Waals surface area contributed by atoms with Crippen LogP contribution in [0.5, 0.6) is 0 Å². The molecule has 0 aliphatic rings. The molecule has 0 saturated heterocycles. The standard InChI is InChI=1S/C16H15Cl2F2N/c1-2-21-16(12-5-4-11(17)9-14(12)19)8-10-3-6-13(18)15(20)7-10/h3-7,9,16,21H,2,8H2,1H3. The zero-order valence-electron chi connectivity index (χ0n) is 11.5. The molecule has 5 heteroatoms. The highest BCUT2D eigenvalue weighted by molar-refractivity contribution is 6.30. The van der Waals surface area contributed by atoms with E-state index in [0.29, 0.717) is 23.6 Å². The number of hydrogen-bond acceptors (Lipinski definition) is 1. The molecule has 0 radical (unpaired) electrons. The van der Waals surface area contributed by atoms with Gasteiger partial charge in [0.2, 0.25) is 0 Å². The van der Waals surface area contributed by atoms with Crippen molar-refractivity contribution < 1.29 is 8.78 Å². The lowest BCUT2D eigenvalue weighted by Crippen LogP contribution is -2.24. The highest BCUT2D eigenvalue weighted by atomic mass is 35.5. The Morgan fingerprint density at radius 3 is 2.43 bits per heavy atom. The average Bonchev–Trinajstić information content (AvgIpc) is 2.42. The second-order valence-electron chi connectivity index (χ2n) is 4.73. The zero-order valence-corrected chi connectivity index (χ0v) is 13.0. The van der Waals surface area contributed by atoms with Gasteiger partial charge in [0.25, 0.3) is 0 Å². The van der Waals surface area contributed by atoms with Crippen LogP contribution >= 0.6 is 23.2 Å². The van der Waals surface area contributed by atoms with E-state index in [1.807, 2.05) is 6.92 Å². The van der Waals surface area contributed by atoms with Crippen LogP contribution < -0.4 is 5.32 Å². The largest absolute Gasteiger partial charge is 0.310 e. The van der Waals surface area contributed by atoms with Crippen molar-refractivity contribution in [2.45, 2.75) is 19.4 Å². The Hall–Kier alpha value is -1.16. The van der Waals surface area contributed by atoms with Gasteiger partial charge in [-0.15, -0.1) is 0 Å². The predicted molar refractivity (Wildman–Crippen MR) is 82.9 cm³/mol. The molecule has 0 aliphatic carbocycles. The van der Waals surface area contributed by atoms with Gasteiger partial charge in [0.1, 0.15) is 11.6 Å². The van der Waals surface area contributed by atoms with E-state index in [2.05, 4.69) is 5.32 Å². The summed E-state index contributed by atoms with van der Waals surface area (Å²) in [6, 6.07) is 8.94. The van der Waals surface area contributed by atoms with Crippen LogP contribution in [0.25, 0.3) is 0 Å². The molecule has 21 heavy (non-hydrogen) atoms. The van der Waals surface area contributed by atoms with E-state index in [1.54, 1.807) is 18.2 Å². The van der Waals surface area contributed by atoms with Crippen LogP contribution in [0.2, 0.25) is 10.0 Å². The van der Waals surface area contributed by atoms with Crippen LogP contribution in [0.1, 0.15) is 24.1 Å². The molecule has 0 spiro atoms. The Bertz CT molecular complexity index is 632. The lowest BCUT2D eigenvalue weighted by atomic mass is 9.98. The summed E-state index contributed by atoms with van der Waals surface area (Å²) in [5, 5.41) is 3.63. The molecule has 0 amide bonds. The van der Waals surface area contributed by atoms with Gasteiger partial charge >= 0.3 is 0 Å². The predicted octanol–water partition coefficient (Wildman–Crippen LogP) is 5.16. The van der Waals surface area contributed by atoms with Gasteiger partial charge in [0.05, 0.1) is 5.02 Å². The van der Waals surface area contributed by atoms with E-state index in [9.17, 15) is 8.78 Å². The van der Waals surface area contributed by atoms with Crippen LogP contribution in [0.4, 0.5) is 8.78 Å². The minimum absolute atomic E-state index is 0.0800. The summed E-state index contributed by atoms with van der Waals surface area (Å²) in [6.45, 7) is 2.60. The average molecular weight is 330 g/mol. The Kier molecular flexibility index (Phi) is 5.57. The van der Waals surface area contributed by atoms with Crippen molar-refractivity contribution >= 4 is 23.2 Å². The molecular weight excluding hydrogens is 315 g/mol. The van der Waals surface area contributed by atoms with Gasteiger partial charge in [-0.25, -0.2) is 8.78 Å². The van der Waals surface area contributed by atoms with Crippen molar-refractivity contribution in [1.29, 1.82) is 0 Å². The maximum atomic E-state index is 14.1. The molecule has 1 nitrogen and oxygen atoms in total. The number of benzene rings is 2. The fraction of sp³-hybridized carbons (Fsp3) is 0.250. The fourth-order valence-corrected chi connectivity index (χ4v) is 2.50. The van der Waals surface area contributed by atoms with Gasteiger partial charge in [-0.2, -0.15) is 0 Å². The van der Waals surface area contributed by atoms with Crippen LogP contribution in [-0.2, 0) is 6.42 Å². The fourth-order valence-electron chi connectivity index (χ4n) is 2.22.